The van der Waals surface area contributed by atoms with E-state index in [4.69, 9.17) is 5.73 Å². The number of nitrogens with one attached hydrogen (secondary N) is 2. The van der Waals surface area contributed by atoms with E-state index in [1.54, 1.807) is 14.0 Å². The number of carboxylic acid groups (broad SMARTS) is 1. The molecule has 5 N–H and O–H groups in total. The van der Waals surface area contributed by atoms with Gasteiger partial charge in [0.2, 0.25) is 11.1 Å². The summed E-state index contributed by atoms with van der Waals surface area (Å²) in [6.45, 7) is 2.10. The number of piperazine rings is 1. The molecule has 3 atom stereocenters. The first kappa shape index (κ1) is 34.2. The Labute approximate surface area is 288 Å². The van der Waals surface area contributed by atoms with Crippen LogP contribution in [0.4, 0.5) is 10.5 Å². The molecule has 0 spiro atoms. The standard InChI is InChI=1S/C25H28N10O7S2.Na.H/c1-3-33-8-9-34(21(39)20(33)38)24(42)28-15(12-4-6-14(26)7-5-12)18(36)27-16-19(37)35-17(23(40)41)13(10-43-22(16)35)11-44-25-29-30-31-32(25)2;;/h4-7,15-16,22H,3,8-11,26H2,1-2H3,(H,27,36)(H,28,42)(H,40,41);;/q;+1;-1/t15-,16+,22+;;/m0../s1. The molecule has 0 aliphatic carbocycles. The van der Waals surface area contributed by atoms with Gasteiger partial charge >= 0.3 is 53.4 Å². The van der Waals surface area contributed by atoms with Crippen LogP contribution < -0.4 is 45.9 Å². The summed E-state index contributed by atoms with van der Waals surface area (Å²) in [6.07, 6.45) is 0. The normalized spacial score (nSPS) is 20.2. The molecule has 2 fully saturated rings. The van der Waals surface area contributed by atoms with Gasteiger partial charge in [-0.05, 0) is 40.6 Å². The maximum atomic E-state index is 13.6. The number of aliphatic carboxylic acids is 1. The van der Waals surface area contributed by atoms with Gasteiger partial charge in [-0.15, -0.1) is 16.9 Å². The van der Waals surface area contributed by atoms with Gasteiger partial charge in [-0.2, -0.15) is 0 Å². The maximum Gasteiger partial charge on any atom is 1.00 e. The molecule has 0 unspecified atom stereocenters. The number of fused-ring (bicyclic) bond motifs is 1. The first-order valence-corrected chi connectivity index (χ1v) is 15.4. The van der Waals surface area contributed by atoms with Crippen LogP contribution >= 0.6 is 23.5 Å². The van der Waals surface area contributed by atoms with E-state index in [0.717, 1.165) is 9.80 Å². The van der Waals surface area contributed by atoms with Crippen LogP contribution in [0.5, 0.6) is 0 Å². The molecular formula is C25H29N10NaO7S2. The SMILES string of the molecule is CCN1CCN(C(=O)N[C@H](C(=O)N[C@@H]2C(=O)N3C(C(=O)O)=C(CSc4nnnn4C)CS[C@H]23)c2ccc(N)cc2)C(=O)C1=O.[H-].[Na+]. The average Bonchev–Trinajstić information content (AvgIpc) is 3.42. The third-order valence-corrected chi connectivity index (χ3v) is 9.68. The Hall–Kier alpha value is -3.65. The smallest absolute Gasteiger partial charge is 1.00 e. The van der Waals surface area contributed by atoms with Crippen molar-refractivity contribution >= 4 is 64.8 Å². The number of imide groups is 1. The number of carboxylic acids is 1. The van der Waals surface area contributed by atoms with Gasteiger partial charge in [0.1, 0.15) is 23.2 Å². The number of tetrazole rings is 1. The number of hydrogen-bond acceptors (Lipinski definition) is 12. The number of amides is 6. The number of thioether (sulfide) groups is 2. The molecule has 0 bridgehead atoms. The molecule has 2 aromatic rings. The topological polar surface area (TPSA) is 226 Å². The zero-order valence-electron chi connectivity index (χ0n) is 25.5. The van der Waals surface area contributed by atoms with E-state index in [1.807, 2.05) is 0 Å². The fourth-order valence-corrected chi connectivity index (χ4v) is 7.22. The summed E-state index contributed by atoms with van der Waals surface area (Å²) in [5, 5.41) is 26.0. The number of β-lactam (4-membered cyclic amide) rings is 1. The summed E-state index contributed by atoms with van der Waals surface area (Å²) in [6, 6.07) is 2.65. The molecule has 2 saturated heterocycles. The number of urea groups is 1. The van der Waals surface area contributed by atoms with Crippen molar-refractivity contribution in [2.24, 2.45) is 7.05 Å². The number of nitrogen functional groups attached to an aromatic ring is 1. The number of anilines is 1. The van der Waals surface area contributed by atoms with Gasteiger partial charge in [-0.3, -0.25) is 29.0 Å². The minimum atomic E-state index is -1.37. The van der Waals surface area contributed by atoms with E-state index in [2.05, 4.69) is 26.2 Å². The summed E-state index contributed by atoms with van der Waals surface area (Å²) < 4.78 is 1.44. The van der Waals surface area contributed by atoms with Crippen LogP contribution in [0.2, 0.25) is 0 Å². The zero-order valence-corrected chi connectivity index (χ0v) is 28.1. The molecule has 3 aliphatic rings. The Bertz CT molecular complexity index is 1580. The van der Waals surface area contributed by atoms with Crippen molar-refractivity contribution in [2.75, 3.05) is 36.9 Å². The van der Waals surface area contributed by atoms with Crippen LogP contribution in [-0.2, 0) is 31.0 Å². The maximum absolute atomic E-state index is 13.6. The summed E-state index contributed by atoms with van der Waals surface area (Å²) in [5.74, 6) is -4.03. The van der Waals surface area contributed by atoms with Crippen LogP contribution in [-0.4, -0.2) is 118 Å². The summed E-state index contributed by atoms with van der Waals surface area (Å²) in [4.78, 5) is 80.3. The number of rotatable bonds is 9. The van der Waals surface area contributed by atoms with Crippen LogP contribution in [0.25, 0.3) is 0 Å². The molecule has 5 rings (SSSR count). The molecule has 1 aromatic heterocycles. The Balaban J connectivity index is 0.00000288. The fraction of sp³-hybridized carbons (Fsp3) is 0.400. The van der Waals surface area contributed by atoms with Crippen molar-refractivity contribution in [3.63, 3.8) is 0 Å². The minimum Gasteiger partial charge on any atom is -1.00 e. The number of carbonyl (C=O) groups excluding carboxylic acids is 5. The van der Waals surface area contributed by atoms with E-state index < -0.39 is 53.1 Å². The molecule has 45 heavy (non-hydrogen) atoms. The van der Waals surface area contributed by atoms with Gasteiger partial charge in [0.25, 0.3) is 5.91 Å². The van der Waals surface area contributed by atoms with Gasteiger partial charge in [0.05, 0.1) is 0 Å². The van der Waals surface area contributed by atoms with Gasteiger partial charge in [-0.1, -0.05) is 23.9 Å². The van der Waals surface area contributed by atoms with E-state index in [0.29, 0.717) is 28.5 Å². The number of hydrogen-bond donors (Lipinski definition) is 4. The monoisotopic (exact) mass is 668 g/mol. The molecule has 3 aliphatic heterocycles. The number of nitrogens with zero attached hydrogens (tertiary/aromatic N) is 7. The molecule has 4 heterocycles. The van der Waals surface area contributed by atoms with Crippen molar-refractivity contribution in [1.29, 1.82) is 0 Å². The Kier molecular flexibility index (Phi) is 10.8. The molecule has 1 aromatic carbocycles. The third kappa shape index (κ3) is 6.81. The first-order chi connectivity index (χ1) is 21.0. The van der Waals surface area contributed by atoms with Gasteiger partial charge in [-0.25, -0.2) is 14.3 Å². The van der Waals surface area contributed by atoms with Crippen LogP contribution in [0.1, 0.15) is 20.0 Å². The molecule has 17 nitrogen and oxygen atoms in total. The predicted molar refractivity (Wildman–Crippen MR) is 156 cm³/mol. The average molecular weight is 669 g/mol. The number of carbonyl (C=O) groups is 6. The van der Waals surface area contributed by atoms with Gasteiger partial charge in [0, 0.05) is 43.9 Å². The second-order valence-electron chi connectivity index (χ2n) is 9.92. The summed E-state index contributed by atoms with van der Waals surface area (Å²) >= 11 is 2.51. The van der Waals surface area contributed by atoms with Gasteiger partial charge < -0.3 is 27.8 Å². The number of nitrogens with two attached hydrogens (primary N) is 1. The fourth-order valence-electron chi connectivity index (χ4n) is 4.89. The van der Waals surface area contributed by atoms with Crippen LogP contribution in [0, 0.1) is 0 Å². The van der Waals surface area contributed by atoms with Crippen molar-refractivity contribution in [2.45, 2.75) is 29.5 Å². The first-order valence-electron chi connectivity index (χ1n) is 13.3. The Morgan fingerprint density at radius 3 is 2.51 bits per heavy atom. The van der Waals surface area contributed by atoms with E-state index >= 15 is 0 Å². The quantitative estimate of drug-likeness (QED) is 0.0656. The predicted octanol–water partition coefficient (Wildman–Crippen LogP) is -4.12. The van der Waals surface area contributed by atoms with Crippen molar-refractivity contribution in [3.05, 3.63) is 41.1 Å². The van der Waals surface area contributed by atoms with Gasteiger partial charge in [0.15, 0.2) is 0 Å². The zero-order chi connectivity index (χ0) is 31.7. The third-order valence-electron chi connectivity index (χ3n) is 7.24. The Morgan fingerprint density at radius 1 is 1.18 bits per heavy atom. The number of aryl methyl sites for hydroxylation is 1. The van der Waals surface area contributed by atoms with Crippen molar-refractivity contribution in [3.8, 4) is 0 Å². The Morgan fingerprint density at radius 2 is 1.89 bits per heavy atom. The number of benzene rings is 1. The second kappa shape index (κ2) is 14.2. The number of likely N-dealkylation sites (N-methyl/N-ethyl adjacent to an activating group) is 1. The largest absolute Gasteiger partial charge is 1.00 e. The van der Waals surface area contributed by atoms with E-state index in [9.17, 15) is 33.9 Å². The second-order valence-corrected chi connectivity index (χ2v) is 12.0. The summed E-state index contributed by atoms with van der Waals surface area (Å²) in [7, 11) is 1.65. The molecule has 0 radical (unpaired) electrons. The van der Waals surface area contributed by atoms with E-state index in [1.165, 1.54) is 57.4 Å². The van der Waals surface area contributed by atoms with E-state index in [-0.39, 0.29) is 61.3 Å². The molecule has 20 heteroatoms. The van der Waals surface area contributed by atoms with Crippen molar-refractivity contribution in [1.82, 2.24) is 45.5 Å². The molecule has 0 saturated carbocycles. The van der Waals surface area contributed by atoms with Crippen molar-refractivity contribution < 1.29 is 64.9 Å². The molecule has 6 amide bonds. The molecule has 234 valence electrons. The summed E-state index contributed by atoms with van der Waals surface area (Å²) in [5.41, 5.74) is 6.83. The van der Waals surface area contributed by atoms with Crippen LogP contribution in [0.3, 0.4) is 0 Å². The van der Waals surface area contributed by atoms with Crippen LogP contribution in [0.15, 0.2) is 40.7 Å². The molecular weight excluding hydrogens is 639 g/mol. The minimum absolute atomic E-state index is 0. The number of aromatic nitrogens is 4.